The molecule has 4 aromatic rings. The first-order valence-corrected chi connectivity index (χ1v) is 10.1. The third-order valence-electron chi connectivity index (χ3n) is 4.84. The monoisotopic (exact) mass is 446 g/mol. The molecule has 2 heterocycles. The van der Waals surface area contributed by atoms with Crippen LogP contribution in [0.25, 0.3) is 11.2 Å². The van der Waals surface area contributed by atoms with E-state index in [1.807, 2.05) is 13.0 Å². The summed E-state index contributed by atoms with van der Waals surface area (Å²) in [5.41, 5.74) is 8.71. The maximum Gasteiger partial charge on any atom is 0.327 e. The number of aryl methyl sites for hydroxylation is 2. The van der Waals surface area contributed by atoms with E-state index >= 15 is 0 Å². The summed E-state index contributed by atoms with van der Waals surface area (Å²) >= 11 is 0. The third-order valence-corrected chi connectivity index (χ3v) is 4.84. The van der Waals surface area contributed by atoms with Crippen LogP contribution in [0.5, 0.6) is 23.4 Å². The minimum Gasteiger partial charge on any atom is -0.437 e. The van der Waals surface area contributed by atoms with Crippen LogP contribution in [0.2, 0.25) is 0 Å². The first-order valence-electron chi connectivity index (χ1n) is 10.1. The van der Waals surface area contributed by atoms with Crippen molar-refractivity contribution in [1.82, 2.24) is 24.8 Å². The van der Waals surface area contributed by atoms with Crippen molar-refractivity contribution in [3.05, 3.63) is 65.0 Å². The fourth-order valence-corrected chi connectivity index (χ4v) is 3.28. The van der Waals surface area contributed by atoms with Gasteiger partial charge < -0.3 is 19.4 Å². The second-order valence-electron chi connectivity index (χ2n) is 7.70. The second-order valence-corrected chi connectivity index (χ2v) is 7.70. The van der Waals surface area contributed by atoms with Gasteiger partial charge in [0.25, 0.3) is 17.6 Å². The van der Waals surface area contributed by atoms with Crippen molar-refractivity contribution < 1.29 is 19.7 Å². The van der Waals surface area contributed by atoms with Crippen molar-refractivity contribution >= 4 is 22.9 Å². The largest absolute Gasteiger partial charge is 0.437 e. The molecule has 168 valence electrons. The highest BCUT2D eigenvalue weighted by Gasteiger charge is 2.17. The number of hydrogen-bond acceptors (Lipinski definition) is 6. The fourth-order valence-electron chi connectivity index (χ4n) is 3.28. The highest BCUT2D eigenvalue weighted by Crippen LogP contribution is 2.30. The van der Waals surface area contributed by atoms with Gasteiger partial charge in [0, 0.05) is 19.7 Å². The van der Waals surface area contributed by atoms with Crippen molar-refractivity contribution in [3.8, 4) is 23.4 Å². The number of fused-ring (bicyclic) bond motifs is 1. The van der Waals surface area contributed by atoms with Crippen LogP contribution in [0.4, 0.5) is 0 Å². The number of nitrogens with zero attached hydrogens (tertiary/aromatic N) is 4. The van der Waals surface area contributed by atoms with E-state index in [4.69, 9.17) is 20.6 Å². The molecule has 0 unspecified atom stereocenters. The Hall–Kier alpha value is -4.47. The van der Waals surface area contributed by atoms with Gasteiger partial charge in [-0.3, -0.25) is 15.9 Å². The highest BCUT2D eigenvalue weighted by atomic mass is 16.5. The first-order chi connectivity index (χ1) is 15.7. The minimum atomic E-state index is -0.141. The lowest BCUT2D eigenvalue weighted by molar-refractivity contribution is -0.114. The molecule has 10 nitrogen and oxygen atoms in total. The number of carbonyl (C=O) groups is 1. The number of nitrogens with two attached hydrogens (primary N) is 2. The van der Waals surface area contributed by atoms with Crippen LogP contribution in [-0.4, -0.2) is 50.7 Å². The van der Waals surface area contributed by atoms with Gasteiger partial charge in [0.05, 0.1) is 5.56 Å². The van der Waals surface area contributed by atoms with E-state index in [9.17, 15) is 4.79 Å². The lowest BCUT2D eigenvalue weighted by atomic mass is 10.1. The maximum atomic E-state index is 12.3. The summed E-state index contributed by atoms with van der Waals surface area (Å²) in [6.07, 6.45) is 0. The molecule has 1 amide bonds. The van der Waals surface area contributed by atoms with Crippen molar-refractivity contribution in [2.75, 3.05) is 14.1 Å². The Morgan fingerprint density at radius 2 is 1.79 bits per heavy atom. The number of aromatic nitrogens is 4. The number of aromatic amines is 1. The molecular weight excluding hydrogens is 422 g/mol. The van der Waals surface area contributed by atoms with E-state index in [1.54, 1.807) is 57.4 Å². The van der Waals surface area contributed by atoms with Gasteiger partial charge >= 0.3 is 6.01 Å². The van der Waals surface area contributed by atoms with E-state index in [2.05, 4.69) is 19.9 Å². The van der Waals surface area contributed by atoms with Crippen LogP contribution in [-0.2, 0) is 0 Å². The number of nitrogens with one attached hydrogen (secondary N) is 1. The summed E-state index contributed by atoms with van der Waals surface area (Å²) in [6.45, 7) is 3.69. The van der Waals surface area contributed by atoms with Crippen molar-refractivity contribution in [2.45, 2.75) is 13.8 Å². The molecule has 0 atom stereocenters. The predicted octanol–water partition coefficient (Wildman–Crippen LogP) is 1.72. The van der Waals surface area contributed by atoms with E-state index in [0.717, 1.165) is 11.1 Å². The molecule has 0 saturated heterocycles. The number of rotatable bonds is 6. The second kappa shape index (κ2) is 8.58. The zero-order valence-electron chi connectivity index (χ0n) is 18.7. The van der Waals surface area contributed by atoms with Gasteiger partial charge in [-0.25, -0.2) is 4.98 Å². The van der Waals surface area contributed by atoms with Crippen LogP contribution in [0, 0.1) is 13.8 Å². The number of carbonyl (C=O) groups excluding carboxylic acids is 1. The zero-order chi connectivity index (χ0) is 23.7. The highest BCUT2D eigenvalue weighted by molar-refractivity contribution is 5.94. The molecule has 2 aromatic carbocycles. The molecule has 0 aliphatic rings. The molecule has 4 rings (SSSR count). The molecule has 33 heavy (non-hydrogen) atoms. The number of amidine groups is 1. The number of amides is 1. The first kappa shape index (κ1) is 21.8. The molecule has 0 aliphatic carbocycles. The molecular formula is C23H24N7O3+. The zero-order valence-corrected chi connectivity index (χ0v) is 18.7. The topological polar surface area (TPSA) is 145 Å². The van der Waals surface area contributed by atoms with E-state index < -0.39 is 0 Å². The fraction of sp³-hybridized carbons (Fsp3) is 0.174. The lowest BCUT2D eigenvalue weighted by Crippen LogP contribution is -2.46. The molecule has 2 aromatic heterocycles. The van der Waals surface area contributed by atoms with Crippen LogP contribution < -0.4 is 20.6 Å². The molecule has 0 bridgehead atoms. The summed E-state index contributed by atoms with van der Waals surface area (Å²) in [4.78, 5) is 30.0. The van der Waals surface area contributed by atoms with E-state index in [0.29, 0.717) is 34.1 Å². The average Bonchev–Trinajstić information content (AvgIpc) is 3.13. The Bertz CT molecular complexity index is 1380. The number of H-pyrrole nitrogens is 1. The summed E-state index contributed by atoms with van der Waals surface area (Å²) in [5.74, 6) is 1.94. The predicted molar refractivity (Wildman–Crippen MR) is 122 cm³/mol. The molecule has 5 N–H and O–H groups in total. The standard InChI is InChI=1S/C23H23N7O3/c1-12-10-16(8-9-17(12)19(24)25)32-21-18-20(27-13(2)26-18)28-23(29-21)33-15-7-5-6-14(11-15)22(31)30(3)4/h5-11H,1-4H3,(H3,24,25)(H,26,27,28,29)/p+1. The van der Waals surface area contributed by atoms with Gasteiger partial charge in [-0.05, 0) is 55.8 Å². The van der Waals surface area contributed by atoms with Gasteiger partial charge in [0.15, 0.2) is 5.65 Å². The summed E-state index contributed by atoms with van der Waals surface area (Å²) in [5, 5.41) is 5.71. The molecule has 0 aliphatic heterocycles. The smallest absolute Gasteiger partial charge is 0.327 e. The van der Waals surface area contributed by atoms with Crippen LogP contribution in [0.15, 0.2) is 42.5 Å². The van der Waals surface area contributed by atoms with Crippen LogP contribution >= 0.6 is 0 Å². The van der Waals surface area contributed by atoms with Gasteiger partial charge in [-0.15, -0.1) is 0 Å². The Labute approximate surface area is 189 Å². The van der Waals surface area contributed by atoms with Crippen molar-refractivity contribution in [2.24, 2.45) is 5.73 Å². The molecule has 0 radical (unpaired) electrons. The lowest BCUT2D eigenvalue weighted by Gasteiger charge is -2.12. The summed E-state index contributed by atoms with van der Waals surface area (Å²) < 4.78 is 11.9. The van der Waals surface area contributed by atoms with E-state index in [-0.39, 0.29) is 23.6 Å². The minimum absolute atomic E-state index is 0.0336. The van der Waals surface area contributed by atoms with Crippen LogP contribution in [0.1, 0.15) is 27.3 Å². The Kier molecular flexibility index (Phi) is 5.65. The number of benzene rings is 2. The molecule has 0 saturated carbocycles. The number of hydrogen-bond donors (Lipinski definition) is 3. The Morgan fingerprint density at radius 1 is 1.03 bits per heavy atom. The number of ether oxygens (including phenoxy) is 2. The SMILES string of the molecule is Cc1nc2nc(Oc3cccc(C(=O)N(C)C)c3)nc(Oc3ccc(C(N)=[NH2+])c(C)c3)c2[nH]1. The molecule has 10 heteroatoms. The Morgan fingerprint density at radius 3 is 2.48 bits per heavy atom. The Balaban J connectivity index is 1.69. The molecule has 0 fully saturated rings. The molecule has 0 spiro atoms. The third kappa shape index (κ3) is 4.59. The van der Waals surface area contributed by atoms with Crippen molar-refractivity contribution in [3.63, 3.8) is 0 Å². The summed E-state index contributed by atoms with van der Waals surface area (Å²) in [6, 6.07) is 12.1. The van der Waals surface area contributed by atoms with Gasteiger partial charge in [0.1, 0.15) is 22.8 Å². The summed E-state index contributed by atoms with van der Waals surface area (Å²) in [7, 11) is 3.37. The van der Waals surface area contributed by atoms with Crippen molar-refractivity contribution in [1.29, 1.82) is 0 Å². The normalized spacial score (nSPS) is 10.8. The van der Waals surface area contributed by atoms with Crippen LogP contribution in [0.3, 0.4) is 0 Å². The van der Waals surface area contributed by atoms with E-state index in [1.165, 1.54) is 4.90 Å². The quantitative estimate of drug-likeness (QED) is 0.302. The van der Waals surface area contributed by atoms with Gasteiger partial charge in [-0.2, -0.15) is 9.97 Å². The maximum absolute atomic E-state index is 12.3. The average molecular weight is 446 g/mol. The van der Waals surface area contributed by atoms with Gasteiger partial charge in [-0.1, -0.05) is 6.07 Å². The number of imidazole rings is 1. The van der Waals surface area contributed by atoms with Gasteiger partial charge in [0.2, 0.25) is 0 Å².